The topological polar surface area (TPSA) is 91.5 Å². The fourth-order valence-corrected chi connectivity index (χ4v) is 5.34. The predicted octanol–water partition coefficient (Wildman–Crippen LogP) is 2.79. The monoisotopic (exact) mass is 562 g/mol. The number of aryl methyl sites for hydroxylation is 1. The Morgan fingerprint density at radius 1 is 1.02 bits per heavy atom. The Hall–Kier alpha value is -3.20. The van der Waals surface area contributed by atoms with Gasteiger partial charge in [-0.15, -0.1) is 0 Å². The first-order valence-corrected chi connectivity index (χ1v) is 14.9. The van der Waals surface area contributed by atoms with Gasteiger partial charge < -0.3 is 0 Å². The first kappa shape index (κ1) is 30.8. The molecule has 7 nitrogen and oxygen atoms in total. The van der Waals surface area contributed by atoms with E-state index in [0.29, 0.717) is 31.1 Å². The van der Waals surface area contributed by atoms with E-state index in [1.165, 1.54) is 12.1 Å². The van der Waals surface area contributed by atoms with Gasteiger partial charge in [0.05, 0.1) is 0 Å². The molecule has 0 spiro atoms. The van der Waals surface area contributed by atoms with Crippen molar-refractivity contribution in [3.05, 3.63) is 65.5 Å². The summed E-state index contributed by atoms with van der Waals surface area (Å²) < 4.78 is 20.2. The van der Waals surface area contributed by atoms with Gasteiger partial charge in [-0.3, -0.25) is 0 Å². The summed E-state index contributed by atoms with van der Waals surface area (Å²) in [6, 6.07) is 12.6. The second-order valence-corrected chi connectivity index (χ2v) is 11.9. The Balaban J connectivity index is 1.59. The molecule has 220 valence electrons. The molecule has 1 heterocycles. The molecule has 2 aromatic carbocycles. The third-order valence-corrected chi connectivity index (χ3v) is 7.80. The third-order valence-electron chi connectivity index (χ3n) is 7.80. The van der Waals surface area contributed by atoms with Crippen LogP contribution in [-0.4, -0.2) is 62.2 Å². The number of benzene rings is 2. The Labute approximate surface area is 244 Å². The van der Waals surface area contributed by atoms with Crippen LogP contribution in [0, 0.1) is 17.7 Å². The summed E-state index contributed by atoms with van der Waals surface area (Å²) in [5.74, 6) is 0.755. The van der Waals surface area contributed by atoms with Crippen LogP contribution in [0.2, 0.25) is 0 Å². The minimum atomic E-state index is -0.635. The zero-order chi connectivity index (χ0) is 29.4. The van der Waals surface area contributed by atoms with Gasteiger partial charge in [0, 0.05) is 0 Å². The van der Waals surface area contributed by atoms with Gasteiger partial charge in [-0.25, -0.2) is 0 Å². The minimum absolute atomic E-state index is 0.0289. The van der Waals surface area contributed by atoms with E-state index >= 15 is 0 Å². The zero-order valence-corrected chi connectivity index (χ0v) is 24.5. The molecule has 0 saturated heterocycles. The molecule has 1 fully saturated rings. The van der Waals surface area contributed by atoms with Crippen molar-refractivity contribution in [2.75, 3.05) is 13.2 Å². The number of ether oxygens (including phenoxy) is 1. The molecule has 1 aliphatic heterocycles. The van der Waals surface area contributed by atoms with E-state index < -0.39 is 18.1 Å². The van der Waals surface area contributed by atoms with Gasteiger partial charge in [-0.1, -0.05) is 0 Å². The number of nitrogens with one attached hydrogen (secondary N) is 4. The van der Waals surface area contributed by atoms with E-state index in [-0.39, 0.29) is 29.6 Å². The Morgan fingerprint density at radius 3 is 2.54 bits per heavy atom. The molecule has 2 amide bonds. The molecule has 0 radical (unpaired) electrons. The summed E-state index contributed by atoms with van der Waals surface area (Å²) in [4.78, 5) is 27.0. The van der Waals surface area contributed by atoms with E-state index in [1.807, 2.05) is 51.1 Å². The van der Waals surface area contributed by atoms with Crippen LogP contribution in [-0.2, 0) is 22.4 Å². The molecule has 2 aliphatic rings. The number of halogens is 1. The molecular weight excluding hydrogens is 518 g/mol. The molecule has 4 atom stereocenters. The van der Waals surface area contributed by atoms with Gasteiger partial charge in [0.2, 0.25) is 0 Å². The van der Waals surface area contributed by atoms with Crippen LogP contribution >= 0.6 is 0 Å². The van der Waals surface area contributed by atoms with Crippen LogP contribution in [0.15, 0.2) is 48.5 Å². The summed E-state index contributed by atoms with van der Waals surface area (Å²) in [6.07, 6.45) is 4.86. The average Bonchev–Trinajstić information content (AvgIpc) is 3.76. The van der Waals surface area contributed by atoms with Gasteiger partial charge >= 0.3 is 245 Å². The number of fused-ring (bicyclic) bond motifs is 1. The SMILES string of the molecule is B=C1NC(CC2CC2)C(=O)NCCCc2ccccc2OC[C@@H](C)N[C@H](Cc2cccc(F)c2)C(=O)N[C@@H]1C(C)C. The summed E-state index contributed by atoms with van der Waals surface area (Å²) in [7, 11) is 4.26. The van der Waals surface area contributed by atoms with Crippen LogP contribution in [0.4, 0.5) is 4.39 Å². The quantitative estimate of drug-likeness (QED) is 0.421. The van der Waals surface area contributed by atoms with Crippen molar-refractivity contribution in [2.24, 2.45) is 11.8 Å². The number of para-hydroxylation sites is 1. The summed E-state index contributed by atoms with van der Waals surface area (Å²) >= 11 is 0. The number of carbonyl (C=O) groups is 2. The van der Waals surface area contributed by atoms with E-state index in [9.17, 15) is 14.0 Å². The molecule has 1 saturated carbocycles. The molecule has 4 rings (SSSR count). The van der Waals surface area contributed by atoms with Gasteiger partial charge in [0.1, 0.15) is 0 Å². The number of rotatable bonds is 5. The number of hydrogen-bond donors (Lipinski definition) is 4. The average molecular weight is 563 g/mol. The maximum absolute atomic E-state index is 14.0. The standard InChI is InChI=1S/C32H44BFN4O3/c1-20(2)29-30(33)37-26(17-22-13-14-22)31(39)35-15-7-10-24-9-4-5-12-28(24)41-19-21(3)36-27(32(40)38-29)18-23-8-6-11-25(34)16-23/h4-6,8-9,11-12,16,20-22,26-27,29,33,36-37H,7,10,13-15,17-19H2,1-3H3,(H,35,39)(H,38,40)/t21-,26?,27-,29-/m1/s1. The molecule has 1 aliphatic carbocycles. The van der Waals surface area contributed by atoms with Crippen molar-refractivity contribution >= 4 is 24.9 Å². The van der Waals surface area contributed by atoms with Crippen molar-refractivity contribution in [1.29, 1.82) is 0 Å². The summed E-state index contributed by atoms with van der Waals surface area (Å²) in [5, 5.41) is 13.1. The second kappa shape index (κ2) is 14.6. The molecule has 0 bridgehead atoms. The van der Waals surface area contributed by atoms with Gasteiger partial charge in [-0.05, 0) is 0 Å². The van der Waals surface area contributed by atoms with E-state index in [0.717, 1.165) is 49.0 Å². The first-order chi connectivity index (χ1) is 19.7. The fraction of sp³-hybridized carbons (Fsp3) is 0.531. The molecule has 2 aromatic rings. The summed E-state index contributed by atoms with van der Waals surface area (Å²) in [6.45, 7) is 6.93. The maximum atomic E-state index is 14.0. The number of amides is 2. The van der Waals surface area contributed by atoms with Crippen LogP contribution in [0.5, 0.6) is 5.75 Å². The van der Waals surface area contributed by atoms with E-state index in [2.05, 4.69) is 28.8 Å². The van der Waals surface area contributed by atoms with Crippen LogP contribution in [0.1, 0.15) is 57.6 Å². The third kappa shape index (κ3) is 9.42. The van der Waals surface area contributed by atoms with Crippen molar-refractivity contribution in [3.8, 4) is 5.75 Å². The van der Waals surface area contributed by atoms with Crippen LogP contribution in [0.3, 0.4) is 0 Å². The molecular formula is C32H44BFN4O3. The Kier molecular flexibility index (Phi) is 11.0. The Morgan fingerprint density at radius 2 is 1.80 bits per heavy atom. The zero-order valence-electron chi connectivity index (χ0n) is 24.5. The second-order valence-electron chi connectivity index (χ2n) is 11.9. The number of carbonyl (C=O) groups excluding carboxylic acids is 2. The van der Waals surface area contributed by atoms with E-state index in [4.69, 9.17) is 4.74 Å². The van der Waals surface area contributed by atoms with Gasteiger partial charge in [0.25, 0.3) is 0 Å². The van der Waals surface area contributed by atoms with E-state index in [1.54, 1.807) is 6.07 Å². The van der Waals surface area contributed by atoms with Crippen molar-refractivity contribution in [3.63, 3.8) is 0 Å². The molecule has 4 N–H and O–H groups in total. The van der Waals surface area contributed by atoms with Gasteiger partial charge in [0.15, 0.2) is 0 Å². The van der Waals surface area contributed by atoms with Crippen molar-refractivity contribution in [1.82, 2.24) is 21.3 Å². The van der Waals surface area contributed by atoms with Crippen LogP contribution < -0.4 is 26.0 Å². The number of hydrogen-bond acceptors (Lipinski definition) is 5. The molecule has 0 aromatic heterocycles. The predicted molar refractivity (Wildman–Crippen MR) is 163 cm³/mol. The Bertz CT molecular complexity index is 1200. The van der Waals surface area contributed by atoms with Gasteiger partial charge in [-0.2, -0.15) is 0 Å². The molecule has 9 heteroatoms. The van der Waals surface area contributed by atoms with Crippen molar-refractivity contribution in [2.45, 2.75) is 83.5 Å². The first-order valence-electron chi connectivity index (χ1n) is 14.9. The van der Waals surface area contributed by atoms with Crippen molar-refractivity contribution < 1.29 is 18.7 Å². The summed E-state index contributed by atoms with van der Waals surface area (Å²) in [5.41, 5.74) is 2.41. The molecule has 1 unspecified atom stereocenters. The fourth-order valence-electron chi connectivity index (χ4n) is 5.34. The van der Waals surface area contributed by atoms with Crippen LogP contribution in [0.25, 0.3) is 0 Å². The normalized spacial score (nSPS) is 25.1. The molecule has 41 heavy (non-hydrogen) atoms.